The van der Waals surface area contributed by atoms with Crippen LogP contribution in [0.4, 0.5) is 5.00 Å². The molecule has 0 aliphatic rings. The highest BCUT2D eigenvalue weighted by molar-refractivity contribution is 7.16. The standard InChI is InChI=1S/C13H13N3O2S/c1-6-8(3)19-11(14)10(6)13-15-12(16-18-13)9-4-5-17-7(9)2/h4-5H,14H2,1-3H3. The van der Waals surface area contributed by atoms with E-state index in [4.69, 9.17) is 14.7 Å². The van der Waals surface area contributed by atoms with Crippen molar-refractivity contribution in [3.8, 4) is 22.8 Å². The predicted octanol–water partition coefficient (Wildman–Crippen LogP) is 3.57. The highest BCUT2D eigenvalue weighted by Crippen LogP contribution is 2.37. The van der Waals surface area contributed by atoms with Crippen LogP contribution in [-0.2, 0) is 0 Å². The molecular weight excluding hydrogens is 262 g/mol. The maximum atomic E-state index is 6.00. The van der Waals surface area contributed by atoms with Crippen molar-refractivity contribution in [2.24, 2.45) is 0 Å². The number of hydrogen-bond donors (Lipinski definition) is 1. The van der Waals surface area contributed by atoms with Gasteiger partial charge in [-0.15, -0.1) is 11.3 Å². The molecule has 2 N–H and O–H groups in total. The van der Waals surface area contributed by atoms with Gasteiger partial charge in [-0.1, -0.05) is 5.16 Å². The second kappa shape index (κ2) is 4.24. The summed E-state index contributed by atoms with van der Waals surface area (Å²) in [7, 11) is 0. The number of nitrogen functional groups attached to an aromatic ring is 1. The van der Waals surface area contributed by atoms with E-state index in [9.17, 15) is 0 Å². The molecule has 0 saturated heterocycles. The minimum atomic E-state index is 0.454. The summed E-state index contributed by atoms with van der Waals surface area (Å²) in [6.07, 6.45) is 1.61. The zero-order valence-electron chi connectivity index (χ0n) is 10.9. The fraction of sp³-hybridized carbons (Fsp3) is 0.231. The number of nitrogens with zero attached hydrogens (tertiary/aromatic N) is 2. The molecule has 0 aliphatic heterocycles. The van der Waals surface area contributed by atoms with Gasteiger partial charge in [0, 0.05) is 4.88 Å². The molecule has 98 valence electrons. The number of furan rings is 1. The third-order valence-corrected chi connectivity index (χ3v) is 4.19. The molecule has 0 spiro atoms. The molecule has 5 nitrogen and oxygen atoms in total. The Kier molecular flexibility index (Phi) is 2.67. The number of thiophene rings is 1. The van der Waals surface area contributed by atoms with Gasteiger partial charge in [-0.25, -0.2) is 0 Å². The average Bonchev–Trinajstić information content (AvgIpc) is 3.02. The average molecular weight is 275 g/mol. The zero-order chi connectivity index (χ0) is 13.6. The summed E-state index contributed by atoms with van der Waals surface area (Å²) in [5.41, 5.74) is 8.76. The molecule has 0 amide bonds. The van der Waals surface area contributed by atoms with E-state index in [1.165, 1.54) is 11.3 Å². The van der Waals surface area contributed by atoms with E-state index in [0.717, 1.165) is 27.3 Å². The topological polar surface area (TPSA) is 78.1 Å². The zero-order valence-corrected chi connectivity index (χ0v) is 11.7. The molecule has 0 aromatic carbocycles. The molecule has 3 aromatic rings. The lowest BCUT2D eigenvalue weighted by Gasteiger charge is -1.94. The molecule has 3 aromatic heterocycles. The molecule has 6 heteroatoms. The van der Waals surface area contributed by atoms with Crippen molar-refractivity contribution in [2.75, 3.05) is 5.73 Å². The Hall–Kier alpha value is -2.08. The molecule has 0 unspecified atom stereocenters. The molecule has 0 bridgehead atoms. The Balaban J connectivity index is 2.09. The molecular formula is C13H13N3O2S. The second-order valence-corrected chi connectivity index (χ2v) is 5.59. The predicted molar refractivity (Wildman–Crippen MR) is 73.9 cm³/mol. The molecule has 3 rings (SSSR count). The van der Waals surface area contributed by atoms with Crippen LogP contribution in [0.25, 0.3) is 22.8 Å². The lowest BCUT2D eigenvalue weighted by molar-refractivity contribution is 0.432. The third kappa shape index (κ3) is 1.84. The maximum Gasteiger partial charge on any atom is 0.261 e. The van der Waals surface area contributed by atoms with Crippen LogP contribution < -0.4 is 5.73 Å². The van der Waals surface area contributed by atoms with Crippen molar-refractivity contribution >= 4 is 16.3 Å². The Morgan fingerprint density at radius 2 is 2.05 bits per heavy atom. The lowest BCUT2D eigenvalue weighted by Crippen LogP contribution is -1.86. The number of aromatic nitrogens is 2. The largest absolute Gasteiger partial charge is 0.469 e. The minimum Gasteiger partial charge on any atom is -0.469 e. The first-order valence-corrected chi connectivity index (χ1v) is 6.63. The Labute approximate surface area is 114 Å². The second-order valence-electron chi connectivity index (χ2n) is 4.34. The molecule has 0 fully saturated rings. The van der Waals surface area contributed by atoms with Crippen molar-refractivity contribution in [1.82, 2.24) is 10.1 Å². The van der Waals surface area contributed by atoms with E-state index >= 15 is 0 Å². The minimum absolute atomic E-state index is 0.454. The van der Waals surface area contributed by atoms with Crippen LogP contribution in [-0.4, -0.2) is 10.1 Å². The summed E-state index contributed by atoms with van der Waals surface area (Å²) in [6.45, 7) is 5.89. The van der Waals surface area contributed by atoms with Crippen LogP contribution in [0.15, 0.2) is 21.3 Å². The monoisotopic (exact) mass is 275 g/mol. The van der Waals surface area contributed by atoms with Gasteiger partial charge in [0.2, 0.25) is 5.82 Å². The smallest absolute Gasteiger partial charge is 0.261 e. The normalized spacial score (nSPS) is 11.1. The van der Waals surface area contributed by atoms with Crippen molar-refractivity contribution in [3.63, 3.8) is 0 Å². The Bertz CT molecular complexity index is 739. The van der Waals surface area contributed by atoms with Crippen LogP contribution >= 0.6 is 11.3 Å². The van der Waals surface area contributed by atoms with Crippen LogP contribution in [0.3, 0.4) is 0 Å². The van der Waals surface area contributed by atoms with E-state index in [0.29, 0.717) is 16.7 Å². The van der Waals surface area contributed by atoms with E-state index in [1.54, 1.807) is 6.26 Å². The summed E-state index contributed by atoms with van der Waals surface area (Å²) >= 11 is 1.53. The van der Waals surface area contributed by atoms with Crippen molar-refractivity contribution < 1.29 is 8.94 Å². The van der Waals surface area contributed by atoms with Gasteiger partial charge in [-0.05, 0) is 32.4 Å². The first-order chi connectivity index (χ1) is 9.08. The Morgan fingerprint density at radius 3 is 2.63 bits per heavy atom. The van der Waals surface area contributed by atoms with Gasteiger partial charge in [0.1, 0.15) is 5.76 Å². The van der Waals surface area contributed by atoms with E-state index in [1.807, 2.05) is 26.8 Å². The summed E-state index contributed by atoms with van der Waals surface area (Å²) in [5, 5.41) is 4.69. The molecule has 0 radical (unpaired) electrons. The van der Waals surface area contributed by atoms with Crippen molar-refractivity contribution in [3.05, 3.63) is 28.5 Å². The number of anilines is 1. The highest BCUT2D eigenvalue weighted by atomic mass is 32.1. The van der Waals surface area contributed by atoms with Crippen LogP contribution in [0.1, 0.15) is 16.2 Å². The van der Waals surface area contributed by atoms with Crippen molar-refractivity contribution in [2.45, 2.75) is 20.8 Å². The van der Waals surface area contributed by atoms with Crippen LogP contribution in [0.2, 0.25) is 0 Å². The molecule has 0 atom stereocenters. The van der Waals surface area contributed by atoms with Gasteiger partial charge in [0.05, 0.1) is 22.4 Å². The summed E-state index contributed by atoms with van der Waals surface area (Å²) in [4.78, 5) is 5.57. The molecule has 0 saturated carbocycles. The highest BCUT2D eigenvalue weighted by Gasteiger charge is 2.20. The molecule has 0 aliphatic carbocycles. The first kappa shape index (κ1) is 12.0. The lowest BCUT2D eigenvalue weighted by atomic mass is 10.1. The number of hydrogen-bond acceptors (Lipinski definition) is 6. The van der Waals surface area contributed by atoms with Crippen LogP contribution in [0.5, 0.6) is 0 Å². The SMILES string of the molecule is Cc1occc1-c1noc(-c2c(N)sc(C)c2C)n1. The van der Waals surface area contributed by atoms with Gasteiger partial charge >= 0.3 is 0 Å². The number of rotatable bonds is 2. The van der Waals surface area contributed by atoms with Gasteiger partial charge in [-0.2, -0.15) is 4.98 Å². The summed E-state index contributed by atoms with van der Waals surface area (Å²) in [5.74, 6) is 1.73. The fourth-order valence-corrected chi connectivity index (χ4v) is 2.90. The fourth-order valence-electron chi connectivity index (χ4n) is 1.97. The van der Waals surface area contributed by atoms with Crippen LogP contribution in [0, 0.1) is 20.8 Å². The quantitative estimate of drug-likeness (QED) is 0.773. The van der Waals surface area contributed by atoms with E-state index in [2.05, 4.69) is 10.1 Å². The molecule has 19 heavy (non-hydrogen) atoms. The number of nitrogens with two attached hydrogens (primary N) is 1. The van der Waals surface area contributed by atoms with E-state index in [-0.39, 0.29) is 0 Å². The van der Waals surface area contributed by atoms with Gasteiger partial charge in [-0.3, -0.25) is 0 Å². The van der Waals surface area contributed by atoms with Gasteiger partial charge in [0.15, 0.2) is 0 Å². The Morgan fingerprint density at radius 1 is 1.26 bits per heavy atom. The summed E-state index contributed by atoms with van der Waals surface area (Å²) in [6, 6.07) is 1.82. The summed E-state index contributed by atoms with van der Waals surface area (Å²) < 4.78 is 10.6. The number of aryl methyl sites for hydroxylation is 2. The maximum absolute atomic E-state index is 6.00. The first-order valence-electron chi connectivity index (χ1n) is 5.82. The van der Waals surface area contributed by atoms with Gasteiger partial charge < -0.3 is 14.7 Å². The van der Waals surface area contributed by atoms with E-state index < -0.39 is 0 Å². The van der Waals surface area contributed by atoms with Gasteiger partial charge in [0.25, 0.3) is 5.89 Å². The molecule has 3 heterocycles. The third-order valence-electron chi connectivity index (χ3n) is 3.15. The van der Waals surface area contributed by atoms with Crippen molar-refractivity contribution in [1.29, 1.82) is 0 Å².